The third-order valence-corrected chi connectivity index (χ3v) is 3.15. The summed E-state index contributed by atoms with van der Waals surface area (Å²) in [6, 6.07) is 0. The molecule has 15 heavy (non-hydrogen) atoms. The Balaban J connectivity index is 2.16. The highest BCUT2D eigenvalue weighted by molar-refractivity contribution is 5.69. The van der Waals surface area contributed by atoms with Gasteiger partial charge in [-0.05, 0) is 18.8 Å². The van der Waals surface area contributed by atoms with Crippen LogP contribution in [-0.2, 0) is 4.79 Å². The molecule has 0 heterocycles. The molecule has 4 heteroatoms. The zero-order valence-corrected chi connectivity index (χ0v) is 9.28. The third kappa shape index (κ3) is 4.18. The fourth-order valence-electron chi connectivity index (χ4n) is 2.00. The number of nitrogens with one attached hydrogen (secondary N) is 1. The standard InChI is InChI=1S/C11H21NO3/c1-8(11(14)15)6-12-7-9-4-2-3-5-10(9)13/h8-10,12-13H,2-7H2,1H3,(H,14,15). The number of hydrogen-bond donors (Lipinski definition) is 3. The van der Waals surface area contributed by atoms with E-state index < -0.39 is 5.97 Å². The Morgan fingerprint density at radius 3 is 2.73 bits per heavy atom. The van der Waals surface area contributed by atoms with Crippen LogP contribution in [0.1, 0.15) is 32.6 Å². The summed E-state index contributed by atoms with van der Waals surface area (Å²) in [5.41, 5.74) is 0. The van der Waals surface area contributed by atoms with Crippen LogP contribution in [0.2, 0.25) is 0 Å². The molecule has 4 nitrogen and oxygen atoms in total. The van der Waals surface area contributed by atoms with E-state index in [4.69, 9.17) is 5.11 Å². The van der Waals surface area contributed by atoms with Crippen molar-refractivity contribution in [1.29, 1.82) is 0 Å². The number of carboxylic acid groups (broad SMARTS) is 1. The van der Waals surface area contributed by atoms with Crippen LogP contribution >= 0.6 is 0 Å². The predicted molar refractivity (Wildman–Crippen MR) is 57.6 cm³/mol. The highest BCUT2D eigenvalue weighted by Crippen LogP contribution is 2.23. The molecule has 3 N–H and O–H groups in total. The smallest absolute Gasteiger partial charge is 0.307 e. The zero-order chi connectivity index (χ0) is 11.3. The van der Waals surface area contributed by atoms with Crippen molar-refractivity contribution in [3.8, 4) is 0 Å². The Hall–Kier alpha value is -0.610. The molecule has 0 saturated heterocycles. The lowest BCUT2D eigenvalue weighted by molar-refractivity contribution is -0.140. The summed E-state index contributed by atoms with van der Waals surface area (Å²) in [4.78, 5) is 10.6. The van der Waals surface area contributed by atoms with Crippen molar-refractivity contribution >= 4 is 5.97 Å². The van der Waals surface area contributed by atoms with Gasteiger partial charge in [-0.1, -0.05) is 19.8 Å². The Morgan fingerprint density at radius 2 is 2.13 bits per heavy atom. The Labute approximate surface area is 90.7 Å². The largest absolute Gasteiger partial charge is 0.481 e. The molecule has 0 radical (unpaired) electrons. The van der Waals surface area contributed by atoms with E-state index >= 15 is 0 Å². The van der Waals surface area contributed by atoms with E-state index in [9.17, 15) is 9.90 Å². The Morgan fingerprint density at radius 1 is 1.47 bits per heavy atom. The van der Waals surface area contributed by atoms with Crippen LogP contribution in [-0.4, -0.2) is 35.4 Å². The summed E-state index contributed by atoms with van der Waals surface area (Å²) in [5.74, 6) is -0.822. The van der Waals surface area contributed by atoms with E-state index in [1.54, 1.807) is 6.92 Å². The van der Waals surface area contributed by atoms with Crippen LogP contribution in [0.3, 0.4) is 0 Å². The number of hydrogen-bond acceptors (Lipinski definition) is 3. The normalized spacial score (nSPS) is 28.7. The summed E-state index contributed by atoms with van der Waals surface area (Å²) in [6.07, 6.45) is 4.03. The number of carboxylic acids is 1. The molecule has 3 atom stereocenters. The van der Waals surface area contributed by atoms with Crippen molar-refractivity contribution in [2.45, 2.75) is 38.7 Å². The molecule has 0 aromatic rings. The quantitative estimate of drug-likeness (QED) is 0.636. The van der Waals surface area contributed by atoms with Crippen LogP contribution in [0.25, 0.3) is 0 Å². The van der Waals surface area contributed by atoms with E-state index in [1.165, 1.54) is 6.42 Å². The lowest BCUT2D eigenvalue weighted by Crippen LogP contribution is -2.36. The third-order valence-electron chi connectivity index (χ3n) is 3.15. The van der Waals surface area contributed by atoms with Crippen LogP contribution in [0.4, 0.5) is 0 Å². The second-order valence-corrected chi connectivity index (χ2v) is 4.51. The molecule has 0 spiro atoms. The van der Waals surface area contributed by atoms with Gasteiger partial charge in [0.15, 0.2) is 0 Å². The average Bonchev–Trinajstić information content (AvgIpc) is 2.20. The topological polar surface area (TPSA) is 69.6 Å². The fourth-order valence-corrected chi connectivity index (χ4v) is 2.00. The Kier molecular flexibility index (Phi) is 5.05. The number of aliphatic hydroxyl groups excluding tert-OH is 1. The maximum atomic E-state index is 10.6. The van der Waals surface area contributed by atoms with Crippen molar-refractivity contribution < 1.29 is 15.0 Å². The zero-order valence-electron chi connectivity index (χ0n) is 9.28. The molecule has 1 rings (SSSR count). The molecule has 1 aliphatic carbocycles. The van der Waals surface area contributed by atoms with Crippen molar-refractivity contribution in [3.63, 3.8) is 0 Å². The van der Waals surface area contributed by atoms with Gasteiger partial charge in [0, 0.05) is 13.1 Å². The summed E-state index contributed by atoms with van der Waals surface area (Å²) < 4.78 is 0. The molecule has 1 saturated carbocycles. The highest BCUT2D eigenvalue weighted by atomic mass is 16.4. The van der Waals surface area contributed by atoms with E-state index in [0.717, 1.165) is 25.8 Å². The van der Waals surface area contributed by atoms with Gasteiger partial charge >= 0.3 is 5.97 Å². The average molecular weight is 215 g/mol. The monoisotopic (exact) mass is 215 g/mol. The van der Waals surface area contributed by atoms with Crippen molar-refractivity contribution in [2.24, 2.45) is 11.8 Å². The number of aliphatic carboxylic acids is 1. The second kappa shape index (κ2) is 6.08. The first-order chi connectivity index (χ1) is 7.11. The van der Waals surface area contributed by atoms with E-state index in [1.807, 2.05) is 0 Å². The first-order valence-corrected chi connectivity index (χ1v) is 5.73. The van der Waals surface area contributed by atoms with Gasteiger partial charge in [-0.25, -0.2) is 0 Å². The minimum absolute atomic E-state index is 0.202. The van der Waals surface area contributed by atoms with Crippen molar-refractivity contribution in [3.05, 3.63) is 0 Å². The van der Waals surface area contributed by atoms with Gasteiger partial charge in [0.1, 0.15) is 0 Å². The van der Waals surface area contributed by atoms with Crippen LogP contribution < -0.4 is 5.32 Å². The van der Waals surface area contributed by atoms with Gasteiger partial charge < -0.3 is 15.5 Å². The molecule has 3 unspecified atom stereocenters. The molecular formula is C11H21NO3. The van der Waals surface area contributed by atoms with Gasteiger partial charge in [0.25, 0.3) is 0 Å². The van der Waals surface area contributed by atoms with E-state index in [0.29, 0.717) is 12.5 Å². The van der Waals surface area contributed by atoms with Crippen LogP contribution in [0, 0.1) is 11.8 Å². The summed E-state index contributed by atoms with van der Waals surface area (Å²) in [6.45, 7) is 2.91. The SMILES string of the molecule is CC(CNCC1CCCCC1O)C(=O)O. The molecule has 1 aliphatic rings. The molecule has 0 bridgehead atoms. The highest BCUT2D eigenvalue weighted by Gasteiger charge is 2.22. The molecule has 0 aromatic heterocycles. The number of rotatable bonds is 5. The van der Waals surface area contributed by atoms with Gasteiger partial charge in [-0.2, -0.15) is 0 Å². The van der Waals surface area contributed by atoms with Crippen LogP contribution in [0.5, 0.6) is 0 Å². The van der Waals surface area contributed by atoms with Crippen molar-refractivity contribution in [1.82, 2.24) is 5.32 Å². The summed E-state index contributed by atoms with van der Waals surface area (Å²) in [5, 5.41) is 21.5. The first-order valence-electron chi connectivity index (χ1n) is 5.73. The summed E-state index contributed by atoms with van der Waals surface area (Å²) in [7, 11) is 0. The first kappa shape index (κ1) is 12.5. The van der Waals surface area contributed by atoms with Gasteiger partial charge in [-0.3, -0.25) is 4.79 Å². The molecule has 1 fully saturated rings. The molecule has 0 aliphatic heterocycles. The maximum Gasteiger partial charge on any atom is 0.307 e. The predicted octanol–water partition coefficient (Wildman–Crippen LogP) is 0.848. The molecule has 0 amide bonds. The van der Waals surface area contributed by atoms with Crippen molar-refractivity contribution in [2.75, 3.05) is 13.1 Å². The van der Waals surface area contributed by atoms with Crippen LogP contribution in [0.15, 0.2) is 0 Å². The van der Waals surface area contributed by atoms with Gasteiger partial charge in [0.2, 0.25) is 0 Å². The fraction of sp³-hybridized carbons (Fsp3) is 0.909. The summed E-state index contributed by atoms with van der Waals surface area (Å²) >= 11 is 0. The molecular weight excluding hydrogens is 194 g/mol. The van der Waals surface area contributed by atoms with Gasteiger partial charge in [-0.15, -0.1) is 0 Å². The lowest BCUT2D eigenvalue weighted by Gasteiger charge is -2.27. The van der Waals surface area contributed by atoms with E-state index in [2.05, 4.69) is 5.32 Å². The van der Waals surface area contributed by atoms with Gasteiger partial charge in [0.05, 0.1) is 12.0 Å². The minimum Gasteiger partial charge on any atom is -0.481 e. The Bertz CT molecular complexity index is 208. The molecule has 88 valence electrons. The maximum absolute atomic E-state index is 10.6. The number of carbonyl (C=O) groups is 1. The lowest BCUT2D eigenvalue weighted by atomic mass is 9.86. The number of aliphatic hydroxyl groups is 1. The minimum atomic E-state index is -0.772. The second-order valence-electron chi connectivity index (χ2n) is 4.51. The molecule has 0 aromatic carbocycles. The van der Waals surface area contributed by atoms with E-state index in [-0.39, 0.29) is 12.0 Å².